The summed E-state index contributed by atoms with van der Waals surface area (Å²) in [6.45, 7) is 0. The van der Waals surface area contributed by atoms with E-state index in [4.69, 9.17) is 24.0 Å². The summed E-state index contributed by atoms with van der Waals surface area (Å²) in [5.74, 6) is 0.712. The van der Waals surface area contributed by atoms with Crippen molar-refractivity contribution < 1.29 is 33.6 Å². The van der Waals surface area contributed by atoms with Crippen LogP contribution < -0.4 is 24.1 Å². The van der Waals surface area contributed by atoms with Crippen LogP contribution in [0.2, 0.25) is 0 Å². The Morgan fingerprint density at radius 1 is 0.946 bits per heavy atom. The van der Waals surface area contributed by atoms with Crippen LogP contribution in [0.1, 0.15) is 49.3 Å². The monoisotopic (exact) mass is 507 g/mol. The van der Waals surface area contributed by atoms with Gasteiger partial charge in [0.25, 0.3) is 0 Å². The zero-order valence-corrected chi connectivity index (χ0v) is 21.5. The third-order valence-corrected chi connectivity index (χ3v) is 6.80. The lowest BCUT2D eigenvalue weighted by atomic mass is 9.77. The summed E-state index contributed by atoms with van der Waals surface area (Å²) in [5.41, 5.74) is 3.64. The summed E-state index contributed by atoms with van der Waals surface area (Å²) in [5, 5.41) is 17.3. The number of carbonyl (C=O) groups is 2. The Bertz CT molecular complexity index is 1240. The van der Waals surface area contributed by atoms with Crippen molar-refractivity contribution in [1.82, 2.24) is 5.01 Å². The van der Waals surface area contributed by atoms with E-state index in [1.54, 1.807) is 34.5 Å². The van der Waals surface area contributed by atoms with E-state index in [1.165, 1.54) is 5.01 Å². The zero-order valence-electron chi connectivity index (χ0n) is 21.5. The number of nitrogens with zero attached hydrogens (tertiary/aromatic N) is 2. The number of carboxylic acid groups (broad SMARTS) is 1. The third kappa shape index (κ3) is 5.40. The highest BCUT2D eigenvalue weighted by atomic mass is 16.5. The maximum absolute atomic E-state index is 13.2. The molecule has 0 N–H and O–H groups in total. The summed E-state index contributed by atoms with van der Waals surface area (Å²) in [6.07, 6.45) is 4.08. The molecule has 0 spiro atoms. The van der Waals surface area contributed by atoms with Crippen molar-refractivity contribution in [2.24, 2.45) is 11.0 Å². The maximum atomic E-state index is 13.2. The molecule has 0 saturated heterocycles. The quantitative estimate of drug-likeness (QED) is 0.512. The van der Waals surface area contributed by atoms with Gasteiger partial charge in [0.05, 0.1) is 40.2 Å². The number of methoxy groups -OCH3 is 4. The fourth-order valence-electron chi connectivity index (χ4n) is 5.04. The van der Waals surface area contributed by atoms with E-state index in [2.05, 4.69) is 6.08 Å². The molecule has 1 amide bonds. The van der Waals surface area contributed by atoms with E-state index >= 15 is 0 Å². The van der Waals surface area contributed by atoms with Crippen LogP contribution in [0.5, 0.6) is 23.0 Å². The first-order valence-electron chi connectivity index (χ1n) is 12.2. The molecule has 1 aliphatic heterocycles. The number of benzene rings is 2. The molecule has 196 valence electrons. The highest BCUT2D eigenvalue weighted by Gasteiger charge is 2.43. The average Bonchev–Trinajstić information content (AvgIpc) is 3.32. The normalized spacial score (nSPS) is 19.7. The van der Waals surface area contributed by atoms with Crippen LogP contribution in [-0.2, 0) is 9.59 Å². The minimum atomic E-state index is -1.27. The van der Waals surface area contributed by atoms with Gasteiger partial charge < -0.3 is 28.8 Å². The molecule has 4 rings (SSSR count). The van der Waals surface area contributed by atoms with Gasteiger partial charge in [-0.25, -0.2) is 5.01 Å². The van der Waals surface area contributed by atoms with E-state index in [-0.39, 0.29) is 24.7 Å². The Balaban J connectivity index is 1.74. The fourth-order valence-corrected chi connectivity index (χ4v) is 5.04. The van der Waals surface area contributed by atoms with E-state index in [0.717, 1.165) is 41.7 Å². The van der Waals surface area contributed by atoms with Crippen LogP contribution >= 0.6 is 0 Å². The number of amides is 1. The van der Waals surface area contributed by atoms with Gasteiger partial charge in [-0.1, -0.05) is 12.1 Å². The number of aliphatic carboxylic acids is 1. The largest absolute Gasteiger partial charge is 0.550 e. The number of fused-ring (bicyclic) bond motifs is 1. The minimum Gasteiger partial charge on any atom is -0.550 e. The molecule has 0 aromatic heterocycles. The second kappa shape index (κ2) is 11.4. The predicted molar refractivity (Wildman–Crippen MR) is 136 cm³/mol. The van der Waals surface area contributed by atoms with Crippen molar-refractivity contribution in [3.63, 3.8) is 0 Å². The Labute approximate surface area is 216 Å². The minimum absolute atomic E-state index is 0.0508. The fraction of sp³-hybridized carbons (Fsp3) is 0.393. The van der Waals surface area contributed by atoms with E-state index < -0.39 is 12.0 Å². The van der Waals surface area contributed by atoms with Crippen molar-refractivity contribution in [3.05, 3.63) is 53.1 Å². The number of hydrogen-bond acceptors (Lipinski definition) is 8. The molecule has 2 aliphatic rings. The summed E-state index contributed by atoms with van der Waals surface area (Å²) in [4.78, 5) is 24.2. The van der Waals surface area contributed by atoms with E-state index in [0.29, 0.717) is 23.0 Å². The van der Waals surface area contributed by atoms with E-state index in [1.807, 2.05) is 30.3 Å². The lowest BCUT2D eigenvalue weighted by Crippen LogP contribution is -2.33. The topological polar surface area (TPSA) is 110 Å². The Morgan fingerprint density at radius 2 is 1.59 bits per heavy atom. The van der Waals surface area contributed by atoms with Crippen molar-refractivity contribution in [2.45, 2.75) is 38.1 Å². The van der Waals surface area contributed by atoms with E-state index in [9.17, 15) is 14.7 Å². The second-order valence-electron chi connectivity index (χ2n) is 8.94. The first-order chi connectivity index (χ1) is 17.9. The first kappa shape index (κ1) is 26.1. The van der Waals surface area contributed by atoms with Crippen LogP contribution in [-0.4, -0.2) is 51.0 Å². The molecule has 1 heterocycles. The standard InChI is InChI=1S/C28H32N2O7/c1-34-21-10-8-17(15-23(21)36-3)14-18-6-5-7-20-27(18)29-30(25(31)12-13-26(32)33)28(20)19-9-11-22(35-2)24(16-19)37-4/h8-11,14-16,20,28H,5-7,12-13H2,1-4H3,(H,32,33)/p-1/b18-14+/t20-,28-/m1/s1. The molecule has 2 atom stereocenters. The molecule has 1 aliphatic carbocycles. The molecule has 0 bridgehead atoms. The van der Waals surface area contributed by atoms with Crippen LogP contribution in [0.25, 0.3) is 6.08 Å². The number of hydrazone groups is 1. The summed E-state index contributed by atoms with van der Waals surface area (Å²) in [7, 11) is 6.31. The number of allylic oxidation sites excluding steroid dienone is 1. The SMILES string of the molecule is COc1ccc(/C=C2\CCC[C@@H]3C2=NN(C(=O)CCC(=O)[O-])[C@@H]3c2ccc(OC)c(OC)c2)cc1OC. The van der Waals surface area contributed by atoms with Crippen LogP contribution in [0.15, 0.2) is 47.1 Å². The smallest absolute Gasteiger partial charge is 0.243 e. The van der Waals surface area contributed by atoms with Crippen LogP contribution in [0, 0.1) is 5.92 Å². The molecule has 2 aromatic rings. The average molecular weight is 508 g/mol. The first-order valence-corrected chi connectivity index (χ1v) is 12.2. The Kier molecular flexibility index (Phi) is 8.01. The van der Waals surface area contributed by atoms with Crippen molar-refractivity contribution >= 4 is 23.7 Å². The molecule has 0 unspecified atom stereocenters. The molecular formula is C28H31N2O7-. The molecule has 9 nitrogen and oxygen atoms in total. The highest BCUT2D eigenvalue weighted by Crippen LogP contribution is 2.46. The zero-order chi connectivity index (χ0) is 26.5. The van der Waals surface area contributed by atoms with Gasteiger partial charge in [0, 0.05) is 18.3 Å². The third-order valence-electron chi connectivity index (χ3n) is 6.80. The summed E-state index contributed by atoms with van der Waals surface area (Å²) >= 11 is 0. The van der Waals surface area contributed by atoms with Crippen LogP contribution in [0.3, 0.4) is 0 Å². The summed E-state index contributed by atoms with van der Waals surface area (Å²) < 4.78 is 21.7. The van der Waals surface area contributed by atoms with Gasteiger partial charge in [0.15, 0.2) is 23.0 Å². The molecule has 0 radical (unpaired) electrons. The molecule has 1 fully saturated rings. The van der Waals surface area contributed by atoms with Gasteiger partial charge >= 0.3 is 0 Å². The second-order valence-corrected chi connectivity index (χ2v) is 8.94. The van der Waals surface area contributed by atoms with Crippen molar-refractivity contribution in [1.29, 1.82) is 0 Å². The predicted octanol–water partition coefficient (Wildman–Crippen LogP) is 3.37. The molecule has 1 saturated carbocycles. The van der Waals surface area contributed by atoms with Gasteiger partial charge in [0.1, 0.15) is 0 Å². The van der Waals surface area contributed by atoms with Gasteiger partial charge in [-0.2, -0.15) is 5.10 Å². The Hall–Kier alpha value is -4.01. The van der Waals surface area contributed by atoms with Gasteiger partial charge in [-0.05, 0) is 72.7 Å². The molecule has 2 aromatic carbocycles. The highest BCUT2D eigenvalue weighted by molar-refractivity contribution is 6.08. The molecule has 37 heavy (non-hydrogen) atoms. The number of carboxylic acids is 1. The van der Waals surface area contributed by atoms with Crippen LogP contribution in [0.4, 0.5) is 0 Å². The number of hydrogen-bond donors (Lipinski definition) is 0. The lowest BCUT2D eigenvalue weighted by Gasteiger charge is -2.30. The number of rotatable bonds is 9. The van der Waals surface area contributed by atoms with Crippen molar-refractivity contribution in [3.8, 4) is 23.0 Å². The molecule has 9 heteroatoms. The maximum Gasteiger partial charge on any atom is 0.243 e. The number of ether oxygens (including phenoxy) is 4. The summed E-state index contributed by atoms with van der Waals surface area (Å²) in [6, 6.07) is 10.9. The number of carbonyl (C=O) groups excluding carboxylic acids is 2. The van der Waals surface area contributed by atoms with Gasteiger partial charge in [0.2, 0.25) is 5.91 Å². The van der Waals surface area contributed by atoms with Gasteiger partial charge in [-0.3, -0.25) is 4.79 Å². The molecular weight excluding hydrogens is 476 g/mol. The van der Waals surface area contributed by atoms with Gasteiger partial charge in [-0.15, -0.1) is 0 Å². The Morgan fingerprint density at radius 3 is 2.24 bits per heavy atom. The van der Waals surface area contributed by atoms with Crippen molar-refractivity contribution in [2.75, 3.05) is 28.4 Å². The lowest BCUT2D eigenvalue weighted by molar-refractivity contribution is -0.305.